The zero-order chi connectivity index (χ0) is 19.1. The third kappa shape index (κ3) is 5.57. The van der Waals surface area contributed by atoms with E-state index in [1.54, 1.807) is 13.0 Å². The Bertz CT molecular complexity index is 634. The molecule has 2 fully saturated rings. The number of rotatable bonds is 8. The Balaban J connectivity index is 1.91. The molecule has 0 aromatic rings. The molecule has 0 unspecified atom stereocenters. The van der Waals surface area contributed by atoms with Crippen molar-refractivity contribution in [2.75, 3.05) is 0 Å². The highest BCUT2D eigenvalue weighted by molar-refractivity contribution is 5.91. The number of aliphatic carboxylic acids is 1. The topological polar surface area (TPSA) is 74.6 Å². The van der Waals surface area contributed by atoms with Gasteiger partial charge in [0.15, 0.2) is 5.78 Å². The highest BCUT2D eigenvalue weighted by Gasteiger charge is 2.44. The van der Waals surface area contributed by atoms with Crippen molar-refractivity contribution in [1.29, 1.82) is 0 Å². The van der Waals surface area contributed by atoms with Crippen LogP contribution >= 0.6 is 0 Å². The number of ketones is 1. The molecule has 4 heteroatoms. The van der Waals surface area contributed by atoms with Gasteiger partial charge in [-0.2, -0.15) is 0 Å². The van der Waals surface area contributed by atoms with Crippen molar-refractivity contribution in [3.05, 3.63) is 23.8 Å². The van der Waals surface area contributed by atoms with Crippen LogP contribution in [0.2, 0.25) is 0 Å². The molecule has 0 aromatic carbocycles. The molecule has 2 rings (SSSR count). The minimum Gasteiger partial charge on any atom is -0.481 e. The van der Waals surface area contributed by atoms with E-state index in [1.807, 2.05) is 13.0 Å². The van der Waals surface area contributed by atoms with Crippen LogP contribution < -0.4 is 0 Å². The quantitative estimate of drug-likeness (QED) is 0.300. The summed E-state index contributed by atoms with van der Waals surface area (Å²) in [6.45, 7) is 3.66. The Labute approximate surface area is 156 Å². The first kappa shape index (κ1) is 20.5. The van der Waals surface area contributed by atoms with E-state index in [2.05, 4.69) is 17.9 Å². The number of carboxylic acids is 1. The first-order chi connectivity index (χ1) is 12.4. The van der Waals surface area contributed by atoms with Crippen LogP contribution in [0.5, 0.6) is 0 Å². The molecule has 0 saturated heterocycles. The number of allylic oxidation sites excluding steroid dienone is 3. The maximum absolute atomic E-state index is 12.2. The number of fused-ring (bicyclic) bond motifs is 1. The van der Waals surface area contributed by atoms with E-state index in [1.165, 1.54) is 5.57 Å². The lowest BCUT2D eigenvalue weighted by molar-refractivity contribution is -0.137. The van der Waals surface area contributed by atoms with Crippen molar-refractivity contribution in [2.24, 2.45) is 23.7 Å². The molecule has 2 N–H and O–H groups in total. The zero-order valence-electron chi connectivity index (χ0n) is 15.8. The minimum absolute atomic E-state index is 0.0401. The molecule has 5 atom stereocenters. The van der Waals surface area contributed by atoms with Gasteiger partial charge >= 0.3 is 5.97 Å². The van der Waals surface area contributed by atoms with Crippen molar-refractivity contribution in [3.63, 3.8) is 0 Å². The molecule has 4 nitrogen and oxygen atoms in total. The van der Waals surface area contributed by atoms with Gasteiger partial charge in [0.1, 0.15) is 0 Å². The summed E-state index contributed by atoms with van der Waals surface area (Å²) in [6.07, 6.45) is 10.4. The predicted octanol–water partition coefficient (Wildman–Crippen LogP) is 3.75. The summed E-state index contributed by atoms with van der Waals surface area (Å²) in [5, 5.41) is 19.1. The first-order valence-electron chi connectivity index (χ1n) is 9.61. The van der Waals surface area contributed by atoms with E-state index in [-0.39, 0.29) is 30.1 Å². The minimum atomic E-state index is -0.746. The lowest BCUT2D eigenvalue weighted by Gasteiger charge is -2.17. The van der Waals surface area contributed by atoms with Crippen molar-refractivity contribution in [2.45, 2.75) is 64.9 Å². The number of aliphatic hydroxyl groups is 1. The molecule has 0 heterocycles. The molecule has 0 spiro atoms. The fourth-order valence-electron chi connectivity index (χ4n) is 4.23. The maximum atomic E-state index is 12.2. The van der Waals surface area contributed by atoms with Crippen LogP contribution in [0.15, 0.2) is 23.8 Å². The van der Waals surface area contributed by atoms with E-state index in [9.17, 15) is 14.7 Å². The molecule has 0 aliphatic heterocycles. The molecule has 2 aliphatic rings. The Morgan fingerprint density at radius 1 is 1.35 bits per heavy atom. The summed E-state index contributed by atoms with van der Waals surface area (Å²) >= 11 is 0. The SMILES string of the molecule is CC#CC[C@@H](C)C(=O)/C=C/[C@@H]1[C@H]2C/C(=C/CCCC(=O)O)C[C@H]2C[C@H]1O. The second-order valence-electron chi connectivity index (χ2n) is 7.65. The molecular weight excluding hydrogens is 328 g/mol. The van der Waals surface area contributed by atoms with Gasteiger partial charge in [-0.1, -0.05) is 24.6 Å². The molecule has 2 saturated carbocycles. The zero-order valence-corrected chi connectivity index (χ0v) is 15.8. The second kappa shape index (κ2) is 9.73. The maximum Gasteiger partial charge on any atom is 0.303 e. The molecule has 2 aliphatic carbocycles. The lowest BCUT2D eigenvalue weighted by atomic mass is 9.89. The summed E-state index contributed by atoms with van der Waals surface area (Å²) in [5.41, 5.74) is 1.38. The third-order valence-electron chi connectivity index (χ3n) is 5.69. The van der Waals surface area contributed by atoms with Gasteiger partial charge in [0.25, 0.3) is 0 Å². The molecular formula is C22H30O4. The smallest absolute Gasteiger partial charge is 0.303 e. The fraction of sp³-hybridized carbons (Fsp3) is 0.636. The van der Waals surface area contributed by atoms with E-state index >= 15 is 0 Å². The Hall–Kier alpha value is -1.86. The summed E-state index contributed by atoms with van der Waals surface area (Å²) in [6, 6.07) is 0. The number of unbranched alkanes of at least 4 members (excludes halogenated alkanes) is 1. The van der Waals surface area contributed by atoms with Crippen LogP contribution in [0.4, 0.5) is 0 Å². The molecule has 142 valence electrons. The predicted molar refractivity (Wildman–Crippen MR) is 101 cm³/mol. The van der Waals surface area contributed by atoms with Gasteiger partial charge < -0.3 is 10.2 Å². The number of carbonyl (C=O) groups excluding carboxylic acids is 1. The molecule has 0 amide bonds. The van der Waals surface area contributed by atoms with Gasteiger partial charge in [-0.05, 0) is 56.9 Å². The molecule has 0 radical (unpaired) electrons. The van der Waals surface area contributed by atoms with E-state index in [0.29, 0.717) is 24.7 Å². The second-order valence-corrected chi connectivity index (χ2v) is 7.65. The third-order valence-corrected chi connectivity index (χ3v) is 5.69. The number of aliphatic hydroxyl groups excluding tert-OH is 1. The largest absolute Gasteiger partial charge is 0.481 e. The van der Waals surface area contributed by atoms with Crippen LogP contribution in [-0.4, -0.2) is 28.1 Å². The van der Waals surface area contributed by atoms with Crippen molar-refractivity contribution >= 4 is 11.8 Å². The molecule has 0 bridgehead atoms. The van der Waals surface area contributed by atoms with Crippen molar-refractivity contribution < 1.29 is 19.8 Å². The van der Waals surface area contributed by atoms with E-state index < -0.39 is 5.97 Å². The van der Waals surface area contributed by atoms with Gasteiger partial charge in [0.2, 0.25) is 0 Å². The van der Waals surface area contributed by atoms with Crippen LogP contribution in [0.25, 0.3) is 0 Å². The van der Waals surface area contributed by atoms with Crippen LogP contribution in [0.1, 0.15) is 58.8 Å². The summed E-state index contributed by atoms with van der Waals surface area (Å²) in [5.74, 6) is 5.88. The monoisotopic (exact) mass is 358 g/mol. The average molecular weight is 358 g/mol. The number of carboxylic acid groups (broad SMARTS) is 1. The van der Waals surface area contributed by atoms with Gasteiger partial charge in [-0.3, -0.25) is 9.59 Å². The Morgan fingerprint density at radius 2 is 2.12 bits per heavy atom. The van der Waals surface area contributed by atoms with Gasteiger partial charge in [0.05, 0.1) is 6.10 Å². The van der Waals surface area contributed by atoms with Crippen LogP contribution in [0, 0.1) is 35.5 Å². The van der Waals surface area contributed by atoms with Crippen LogP contribution in [0.3, 0.4) is 0 Å². The van der Waals surface area contributed by atoms with E-state index in [0.717, 1.165) is 25.7 Å². The Morgan fingerprint density at radius 3 is 2.81 bits per heavy atom. The average Bonchev–Trinajstić information content (AvgIpc) is 3.10. The first-order valence-corrected chi connectivity index (χ1v) is 9.61. The lowest BCUT2D eigenvalue weighted by Crippen LogP contribution is -2.17. The highest BCUT2D eigenvalue weighted by atomic mass is 16.4. The van der Waals surface area contributed by atoms with Gasteiger partial charge in [0, 0.05) is 24.7 Å². The fourth-order valence-corrected chi connectivity index (χ4v) is 4.23. The van der Waals surface area contributed by atoms with Crippen LogP contribution in [-0.2, 0) is 9.59 Å². The summed E-state index contributed by atoms with van der Waals surface area (Å²) < 4.78 is 0. The molecule has 26 heavy (non-hydrogen) atoms. The van der Waals surface area contributed by atoms with Gasteiger partial charge in [-0.15, -0.1) is 11.8 Å². The highest BCUT2D eigenvalue weighted by Crippen LogP contribution is 2.50. The summed E-state index contributed by atoms with van der Waals surface area (Å²) in [7, 11) is 0. The van der Waals surface area contributed by atoms with Gasteiger partial charge in [-0.25, -0.2) is 0 Å². The number of carbonyl (C=O) groups is 2. The summed E-state index contributed by atoms with van der Waals surface area (Å²) in [4.78, 5) is 22.8. The van der Waals surface area contributed by atoms with Crippen molar-refractivity contribution in [3.8, 4) is 11.8 Å². The Kier molecular flexibility index (Phi) is 7.66. The standard InChI is InChI=1S/C22H30O4/c1-3-4-7-15(2)20(23)11-10-18-19-13-16(8-5-6-9-22(25)26)12-17(19)14-21(18)24/h8,10-11,15,17-19,21,24H,5-7,9,12-14H2,1-2H3,(H,25,26)/b11-10+,16-8+/t15-,17+,18-,19+,21-/m1/s1. The van der Waals surface area contributed by atoms with E-state index in [4.69, 9.17) is 5.11 Å². The normalized spacial score (nSPS) is 30.2. The number of hydrogen-bond donors (Lipinski definition) is 2. The van der Waals surface area contributed by atoms with Crippen molar-refractivity contribution in [1.82, 2.24) is 0 Å². The molecule has 0 aromatic heterocycles. The number of hydrogen-bond acceptors (Lipinski definition) is 3.